The molecule has 0 aliphatic rings. The highest BCUT2D eigenvalue weighted by Crippen LogP contribution is 2.38. The fourth-order valence-electron chi connectivity index (χ4n) is 2.70. The Bertz CT molecular complexity index is 847. The van der Waals surface area contributed by atoms with Gasteiger partial charge in [-0.3, -0.25) is 0 Å². The van der Waals surface area contributed by atoms with Gasteiger partial charge in [0.25, 0.3) is 0 Å². The molecule has 2 heteroatoms. The maximum Gasteiger partial charge on any atom is 0.239 e. The number of benzene rings is 3. The number of fused-ring (bicyclic) bond motifs is 2. The van der Waals surface area contributed by atoms with Crippen molar-refractivity contribution in [2.24, 2.45) is 0 Å². The van der Waals surface area contributed by atoms with Gasteiger partial charge in [0.1, 0.15) is 0 Å². The van der Waals surface area contributed by atoms with Crippen molar-refractivity contribution in [2.75, 3.05) is 0 Å². The lowest BCUT2D eigenvalue weighted by molar-refractivity contribution is -0.00000364. The predicted molar refractivity (Wildman–Crippen MR) is 89.2 cm³/mol. The second-order valence-corrected chi connectivity index (χ2v) is 5.92. The molecule has 0 N–H and O–H groups in total. The first kappa shape index (κ1) is 14.4. The molecule has 21 heavy (non-hydrogen) atoms. The summed E-state index contributed by atoms with van der Waals surface area (Å²) in [6.45, 7) is 0. The molecule has 102 valence electrons. The third-order valence-corrected chi connectivity index (χ3v) is 4.75. The van der Waals surface area contributed by atoms with Gasteiger partial charge in [-0.2, -0.15) is 0 Å². The van der Waals surface area contributed by atoms with E-state index in [0.717, 1.165) is 0 Å². The Balaban J connectivity index is 0.00000132. The van der Waals surface area contributed by atoms with Crippen molar-refractivity contribution < 1.29 is 24.0 Å². The van der Waals surface area contributed by atoms with Crippen LogP contribution in [0.4, 0.5) is 0 Å². The highest BCUT2D eigenvalue weighted by molar-refractivity contribution is 7.24. The Hall–Kier alpha value is -1.52. The van der Waals surface area contributed by atoms with Crippen LogP contribution in [0.1, 0.15) is 0 Å². The van der Waals surface area contributed by atoms with Gasteiger partial charge in [0.05, 0.1) is 0 Å². The van der Waals surface area contributed by atoms with Crippen LogP contribution in [0, 0.1) is 0 Å². The van der Waals surface area contributed by atoms with Crippen LogP contribution in [-0.2, 0) is 0 Å². The molecule has 1 heterocycles. The highest BCUT2D eigenvalue weighted by Gasteiger charge is 2.17. The van der Waals surface area contributed by atoms with Gasteiger partial charge >= 0.3 is 0 Å². The summed E-state index contributed by atoms with van der Waals surface area (Å²) in [5, 5.41) is 2.67. The van der Waals surface area contributed by atoms with Crippen LogP contribution in [0.15, 0.2) is 78.9 Å². The Labute approximate surface area is 145 Å². The molecule has 0 saturated carbocycles. The third kappa shape index (κ3) is 2.54. The van der Waals surface area contributed by atoms with E-state index in [1.807, 2.05) is 11.3 Å². The minimum absolute atomic E-state index is 0. The molecule has 3 aromatic carbocycles. The molecule has 0 unspecified atom stereocenters. The maximum absolute atomic E-state index is 2.22. The van der Waals surface area contributed by atoms with Crippen molar-refractivity contribution in [1.29, 1.82) is 0 Å². The van der Waals surface area contributed by atoms with Crippen molar-refractivity contribution in [3.63, 3.8) is 0 Å². The van der Waals surface area contributed by atoms with Gasteiger partial charge in [-0.1, -0.05) is 54.6 Å². The average molecular weight is 400 g/mol. The number of hydrogen-bond donors (Lipinski definition) is 0. The maximum atomic E-state index is 2.22. The Morgan fingerprint density at radius 3 is 1.57 bits per heavy atom. The van der Waals surface area contributed by atoms with E-state index in [-0.39, 0.29) is 24.0 Å². The van der Waals surface area contributed by atoms with Crippen LogP contribution in [0.2, 0.25) is 0 Å². The van der Waals surface area contributed by atoms with Gasteiger partial charge < -0.3 is 24.0 Å². The molecule has 0 saturated heterocycles. The number of hydrogen-bond acceptors (Lipinski definition) is 0. The van der Waals surface area contributed by atoms with Crippen LogP contribution in [-0.4, -0.2) is 0 Å². The summed E-state index contributed by atoms with van der Waals surface area (Å²) in [6.07, 6.45) is 0. The first-order valence-corrected chi connectivity index (χ1v) is 7.54. The van der Waals surface area contributed by atoms with Crippen molar-refractivity contribution in [3.8, 4) is 11.1 Å². The van der Waals surface area contributed by atoms with Crippen molar-refractivity contribution in [3.05, 3.63) is 78.9 Å². The van der Waals surface area contributed by atoms with Crippen molar-refractivity contribution in [2.45, 2.75) is 0 Å². The lowest BCUT2D eigenvalue weighted by Crippen LogP contribution is -3.00. The van der Waals surface area contributed by atoms with Gasteiger partial charge in [-0.15, -0.1) is 0 Å². The normalized spacial score (nSPS) is 10.5. The van der Waals surface area contributed by atoms with Gasteiger partial charge in [0.15, 0.2) is 0 Å². The fraction of sp³-hybridized carbons (Fsp3) is 0. The standard InChI is InChI=1S/C19H13S.HI/c1-2-8-14(9-3-1)19-15-10-4-6-12-17(15)20-18-13-7-5-11-16(18)19;/h1-13H;1H/q+1;/p-1. The number of halogens is 1. The van der Waals surface area contributed by atoms with Crippen LogP contribution in [0.5, 0.6) is 0 Å². The third-order valence-electron chi connectivity index (χ3n) is 3.60. The lowest BCUT2D eigenvalue weighted by atomic mass is 9.99. The van der Waals surface area contributed by atoms with Gasteiger partial charge in [0, 0.05) is 28.5 Å². The molecule has 0 spiro atoms. The van der Waals surface area contributed by atoms with E-state index in [0.29, 0.717) is 0 Å². The SMILES string of the molecule is [I-].c1ccc(-c2c3ccccc3[s+]c3ccccc23)cc1. The molecule has 1 aromatic heterocycles. The molecule has 0 fully saturated rings. The molecule has 0 atom stereocenters. The van der Waals surface area contributed by atoms with E-state index in [1.54, 1.807) is 0 Å². The van der Waals surface area contributed by atoms with E-state index in [1.165, 1.54) is 31.3 Å². The smallest absolute Gasteiger partial charge is 0.239 e. The molecule has 0 radical (unpaired) electrons. The van der Waals surface area contributed by atoms with E-state index >= 15 is 0 Å². The Morgan fingerprint density at radius 1 is 0.524 bits per heavy atom. The zero-order chi connectivity index (χ0) is 13.4. The molecular weight excluding hydrogens is 387 g/mol. The van der Waals surface area contributed by atoms with Crippen molar-refractivity contribution in [1.82, 2.24) is 0 Å². The minimum Gasteiger partial charge on any atom is -1.00 e. The molecule has 0 bridgehead atoms. The Morgan fingerprint density at radius 2 is 1.00 bits per heavy atom. The summed E-state index contributed by atoms with van der Waals surface area (Å²) in [6, 6.07) is 28.0. The summed E-state index contributed by atoms with van der Waals surface area (Å²) in [4.78, 5) is 0. The zero-order valence-electron chi connectivity index (χ0n) is 11.3. The van der Waals surface area contributed by atoms with Crippen LogP contribution in [0.25, 0.3) is 31.3 Å². The summed E-state index contributed by atoms with van der Waals surface area (Å²) in [5.41, 5.74) is 2.63. The molecule has 4 aromatic rings. The topological polar surface area (TPSA) is 0 Å². The summed E-state index contributed by atoms with van der Waals surface area (Å²) in [7, 11) is 0. The van der Waals surface area contributed by atoms with E-state index in [2.05, 4.69) is 78.9 Å². The summed E-state index contributed by atoms with van der Waals surface area (Å²) < 4.78 is 2.68. The van der Waals surface area contributed by atoms with Crippen molar-refractivity contribution >= 4 is 31.5 Å². The van der Waals surface area contributed by atoms with E-state index < -0.39 is 0 Å². The second-order valence-electron chi connectivity index (χ2n) is 4.84. The monoisotopic (exact) mass is 400 g/mol. The fourth-order valence-corrected chi connectivity index (χ4v) is 3.79. The first-order valence-electron chi connectivity index (χ1n) is 6.72. The first-order chi connectivity index (χ1) is 9.93. The highest BCUT2D eigenvalue weighted by atomic mass is 127. The van der Waals surface area contributed by atoms with E-state index in [4.69, 9.17) is 0 Å². The molecule has 0 nitrogen and oxygen atoms in total. The molecular formula is C19H13IS. The molecule has 4 rings (SSSR count). The average Bonchev–Trinajstić information content (AvgIpc) is 2.53. The quantitative estimate of drug-likeness (QED) is 0.262. The number of rotatable bonds is 1. The molecule has 0 aliphatic carbocycles. The van der Waals surface area contributed by atoms with Gasteiger partial charge in [-0.05, 0) is 17.7 Å². The zero-order valence-corrected chi connectivity index (χ0v) is 14.3. The second kappa shape index (κ2) is 6.08. The summed E-state index contributed by atoms with van der Waals surface area (Å²) in [5.74, 6) is 0. The van der Waals surface area contributed by atoms with Crippen LogP contribution in [0.3, 0.4) is 0 Å². The van der Waals surface area contributed by atoms with E-state index in [9.17, 15) is 0 Å². The minimum atomic E-state index is 0. The largest absolute Gasteiger partial charge is 1.00 e. The van der Waals surface area contributed by atoms with Crippen LogP contribution >= 0.6 is 11.3 Å². The predicted octanol–water partition coefficient (Wildman–Crippen LogP) is 3.01. The summed E-state index contributed by atoms with van der Waals surface area (Å²) >= 11 is 1.86. The molecule has 0 aliphatic heterocycles. The lowest BCUT2D eigenvalue weighted by Gasteiger charge is -2.05. The molecule has 0 amide bonds. The van der Waals surface area contributed by atoms with Gasteiger partial charge in [-0.25, -0.2) is 0 Å². The van der Waals surface area contributed by atoms with Crippen LogP contribution < -0.4 is 24.0 Å². The Kier molecular flexibility index (Phi) is 4.17. The van der Waals surface area contributed by atoms with Gasteiger partial charge in [0.2, 0.25) is 20.7 Å².